The molecule has 1 saturated carbocycles. The number of carboxylic acids is 1. The van der Waals surface area contributed by atoms with E-state index in [-0.39, 0.29) is 86.6 Å². The van der Waals surface area contributed by atoms with Crippen LogP contribution >= 0.6 is 0 Å². The molecule has 4 aromatic rings. The third kappa shape index (κ3) is 22.5. The van der Waals surface area contributed by atoms with Gasteiger partial charge in [-0.1, -0.05) is 25.1 Å². The number of rotatable bonds is 39. The van der Waals surface area contributed by atoms with Crippen LogP contribution in [0.1, 0.15) is 98.4 Å². The predicted molar refractivity (Wildman–Crippen MR) is 309 cm³/mol. The van der Waals surface area contributed by atoms with Crippen molar-refractivity contribution in [1.29, 1.82) is 0 Å². The van der Waals surface area contributed by atoms with Gasteiger partial charge in [-0.15, -0.1) is 5.10 Å². The number of carboxylic acid groups (broad SMARTS) is 1. The fourth-order valence-electron chi connectivity index (χ4n) is 9.66. The van der Waals surface area contributed by atoms with E-state index in [1.165, 1.54) is 0 Å². The Bertz CT molecular complexity index is 2600. The lowest BCUT2D eigenvalue weighted by Gasteiger charge is -2.36. The summed E-state index contributed by atoms with van der Waals surface area (Å²) in [6.45, 7) is 13.3. The number of methoxy groups -OCH3 is 1. The molecule has 24 heteroatoms. The van der Waals surface area contributed by atoms with Crippen molar-refractivity contribution in [3.63, 3.8) is 0 Å². The molecule has 3 aromatic heterocycles. The molecule has 8 N–H and O–H groups in total. The summed E-state index contributed by atoms with van der Waals surface area (Å²) in [6.07, 6.45) is 8.58. The van der Waals surface area contributed by atoms with Gasteiger partial charge in [-0.25, -0.2) is 9.97 Å². The third-order valence-corrected chi connectivity index (χ3v) is 14.4. The molecule has 0 spiro atoms. The normalized spacial score (nSPS) is 14.1. The lowest BCUT2D eigenvalue weighted by atomic mass is 9.88. The zero-order valence-electron chi connectivity index (χ0n) is 48.4. The Morgan fingerprint density at radius 2 is 1.54 bits per heavy atom. The monoisotopic (exact) mass is 1140 g/mol. The first-order chi connectivity index (χ1) is 39.6. The maximum absolute atomic E-state index is 15.0. The van der Waals surface area contributed by atoms with Gasteiger partial charge in [0.25, 0.3) is 5.91 Å². The number of aryl methyl sites for hydroxylation is 2. The fraction of sp³-hybridized carbons (Fsp3) is 0.603. The van der Waals surface area contributed by atoms with Crippen molar-refractivity contribution in [3.8, 4) is 11.6 Å². The average molecular weight is 1140 g/mol. The summed E-state index contributed by atoms with van der Waals surface area (Å²) in [7, 11) is 1.62. The van der Waals surface area contributed by atoms with Gasteiger partial charge in [0.1, 0.15) is 23.9 Å². The van der Waals surface area contributed by atoms with Gasteiger partial charge in [-0.05, 0) is 98.1 Å². The molecule has 0 unspecified atom stereocenters. The molecule has 0 radical (unpaired) electrons. The molecule has 1 aliphatic heterocycles. The molecule has 82 heavy (non-hydrogen) atoms. The zero-order valence-corrected chi connectivity index (χ0v) is 48.4. The number of hydrogen-bond acceptors (Lipinski definition) is 18. The van der Waals surface area contributed by atoms with Crippen molar-refractivity contribution in [2.24, 2.45) is 28.7 Å². The van der Waals surface area contributed by atoms with Gasteiger partial charge in [-0.2, -0.15) is 0 Å². The SMILES string of the molecule is COc1ccc(C(=O)N(CC(C)(C)CCn2cc(COCCOCCOCC(=O)NCCN(CCC(=O)NCCN)CCC(=O)NCCN)nn2)c2cccc(C)n2)c(N2CCC(COc3cc([C@@H](CC(=O)O)C4CC4)ccn3)CC2)c1. The Morgan fingerprint density at radius 1 is 0.841 bits per heavy atom. The van der Waals surface area contributed by atoms with Gasteiger partial charge < -0.3 is 66.0 Å². The van der Waals surface area contributed by atoms with E-state index in [2.05, 4.69) is 50.0 Å². The summed E-state index contributed by atoms with van der Waals surface area (Å²) in [5.74, 6) is 0.844. The highest BCUT2D eigenvalue weighted by atomic mass is 16.5. The second-order valence-corrected chi connectivity index (χ2v) is 21.7. The van der Waals surface area contributed by atoms with Gasteiger partial charge in [0.15, 0.2) is 0 Å². The highest BCUT2D eigenvalue weighted by molar-refractivity contribution is 6.09. The van der Waals surface area contributed by atoms with Crippen LogP contribution < -0.4 is 46.7 Å². The summed E-state index contributed by atoms with van der Waals surface area (Å²) < 4.78 is 30.6. The maximum Gasteiger partial charge on any atom is 0.303 e. The molecule has 4 amide bonds. The molecule has 1 aliphatic carbocycles. The number of nitrogens with zero attached hydrogens (tertiary/aromatic N) is 8. The molecule has 24 nitrogen and oxygen atoms in total. The average Bonchev–Trinajstić information content (AvgIpc) is 4.35. The van der Waals surface area contributed by atoms with Crippen molar-refractivity contribution in [2.75, 3.05) is 129 Å². The Morgan fingerprint density at radius 3 is 2.21 bits per heavy atom. The van der Waals surface area contributed by atoms with Crippen molar-refractivity contribution in [2.45, 2.75) is 91.2 Å². The number of aliphatic carboxylic acids is 1. The van der Waals surface area contributed by atoms with Gasteiger partial charge >= 0.3 is 5.97 Å². The lowest BCUT2D eigenvalue weighted by Crippen LogP contribution is -2.42. The Hall–Kier alpha value is -6.83. The minimum Gasteiger partial charge on any atom is -0.497 e. The maximum atomic E-state index is 15.0. The summed E-state index contributed by atoms with van der Waals surface area (Å²) in [6, 6.07) is 15.1. The quantitative estimate of drug-likeness (QED) is 0.0349. The number of aromatic nitrogens is 5. The van der Waals surface area contributed by atoms with E-state index in [0.29, 0.717) is 139 Å². The smallest absolute Gasteiger partial charge is 0.303 e. The lowest BCUT2D eigenvalue weighted by molar-refractivity contribution is -0.137. The predicted octanol–water partition coefficient (Wildman–Crippen LogP) is 3.31. The third-order valence-electron chi connectivity index (χ3n) is 14.4. The van der Waals surface area contributed by atoms with Gasteiger partial charge in [0.05, 0.1) is 70.6 Å². The molecule has 1 aromatic carbocycles. The molecule has 450 valence electrons. The molecule has 1 atom stereocenters. The Labute approximate surface area is 481 Å². The number of benzene rings is 1. The van der Waals surface area contributed by atoms with Crippen molar-refractivity contribution < 1.29 is 52.8 Å². The van der Waals surface area contributed by atoms with Crippen molar-refractivity contribution in [3.05, 3.63) is 83.4 Å². The Kier molecular flexibility index (Phi) is 26.6. The van der Waals surface area contributed by atoms with E-state index in [4.69, 9.17) is 40.1 Å². The van der Waals surface area contributed by atoms with Crippen LogP contribution in [0.15, 0.2) is 60.9 Å². The van der Waals surface area contributed by atoms with E-state index in [9.17, 15) is 24.3 Å². The molecule has 2 aliphatic rings. The summed E-state index contributed by atoms with van der Waals surface area (Å²) in [5.41, 5.74) is 14.3. The van der Waals surface area contributed by atoms with Gasteiger partial charge in [0.2, 0.25) is 23.6 Å². The van der Waals surface area contributed by atoms with Crippen LogP contribution in [-0.2, 0) is 46.5 Å². The number of carbonyl (C=O) groups is 5. The van der Waals surface area contributed by atoms with Crippen LogP contribution in [0, 0.1) is 24.2 Å². The van der Waals surface area contributed by atoms with Gasteiger partial charge in [-0.3, -0.25) is 33.6 Å². The first-order valence-electron chi connectivity index (χ1n) is 28.7. The summed E-state index contributed by atoms with van der Waals surface area (Å²) in [5, 5.41) is 26.5. The van der Waals surface area contributed by atoms with Crippen LogP contribution in [0.5, 0.6) is 11.6 Å². The molecular weight excluding hydrogens is 1050 g/mol. The minimum absolute atomic E-state index is 0.0326. The molecule has 6 rings (SSSR count). The van der Waals surface area contributed by atoms with Crippen molar-refractivity contribution in [1.82, 2.24) is 45.8 Å². The molecule has 2 fully saturated rings. The number of piperidine rings is 1. The first-order valence-corrected chi connectivity index (χ1v) is 28.7. The van der Waals surface area contributed by atoms with E-state index >= 15 is 4.79 Å². The molecular formula is C58H87N13O11. The van der Waals surface area contributed by atoms with E-state index in [0.717, 1.165) is 42.6 Å². The molecule has 0 bridgehead atoms. The van der Waals surface area contributed by atoms with Crippen LogP contribution in [0.3, 0.4) is 0 Å². The second kappa shape index (κ2) is 33.9. The number of ether oxygens (including phenoxy) is 5. The largest absolute Gasteiger partial charge is 0.497 e. The van der Waals surface area contributed by atoms with E-state index in [1.54, 1.807) is 22.9 Å². The molecule has 1 saturated heterocycles. The zero-order chi connectivity index (χ0) is 58.7. The van der Waals surface area contributed by atoms with Crippen LogP contribution in [0.4, 0.5) is 11.5 Å². The Balaban J connectivity index is 0.913. The van der Waals surface area contributed by atoms with E-state index in [1.807, 2.05) is 66.6 Å². The fourth-order valence-corrected chi connectivity index (χ4v) is 9.66. The number of carbonyl (C=O) groups excluding carboxylic acids is 4. The van der Waals surface area contributed by atoms with E-state index < -0.39 is 5.97 Å². The summed E-state index contributed by atoms with van der Waals surface area (Å²) >= 11 is 0. The standard InChI is InChI=1S/C58H87N13O11/c1-42-6-5-7-51(65-42)71(57(77)48-11-10-47(78-4)35-50(48)69-26-13-43(14-27-69)38-82-55-34-45(12-20-64-55)49(36-56(75)76)44-8-9-44)41-58(2,3)17-28-70-37-46(66-67-70)39-80-32-30-79-31-33-81-40-54(74)63-23-29-68(24-15-52(72)61-21-18-59)25-16-53(73)62-22-19-60/h5-7,10-12,20,34-35,37,43-44,49H,8-9,13-19,21-33,36,38-41,59-60H2,1-4H3,(H,61,72)(H,62,73)(H,63,74)(H,75,76)/t49-/m0/s1. The number of amides is 4. The van der Waals surface area contributed by atoms with Crippen LogP contribution in [-0.4, -0.2) is 183 Å². The van der Waals surface area contributed by atoms with Gasteiger partial charge in [0, 0.05) is 115 Å². The second-order valence-electron chi connectivity index (χ2n) is 21.7. The van der Waals surface area contributed by atoms with Crippen LogP contribution in [0.2, 0.25) is 0 Å². The summed E-state index contributed by atoms with van der Waals surface area (Å²) in [4.78, 5) is 78.5. The van der Waals surface area contributed by atoms with Crippen molar-refractivity contribution >= 4 is 41.1 Å². The topological polar surface area (TPSA) is 306 Å². The first kappa shape index (κ1) is 64.3. The highest BCUT2D eigenvalue weighted by Gasteiger charge is 2.35. The number of nitrogens with two attached hydrogens (primary N) is 2. The van der Waals surface area contributed by atoms with Crippen LogP contribution in [0.25, 0.3) is 0 Å². The molecule has 4 heterocycles. The highest BCUT2D eigenvalue weighted by Crippen LogP contribution is 2.45. The number of nitrogens with one attached hydrogen (secondary N) is 3. The number of pyridine rings is 2. The number of hydrogen-bond donors (Lipinski definition) is 6. The number of anilines is 2. The minimum atomic E-state index is -0.796.